The Bertz CT molecular complexity index is 1200. The third-order valence-electron chi connectivity index (χ3n) is 6.05. The third kappa shape index (κ3) is 6.56. The first-order valence-corrected chi connectivity index (χ1v) is 12.9. The van der Waals surface area contributed by atoms with Crippen LogP contribution >= 0.6 is 0 Å². The van der Waals surface area contributed by atoms with E-state index in [1.807, 2.05) is 30.3 Å². The van der Waals surface area contributed by atoms with Crippen molar-refractivity contribution in [3.8, 4) is 5.75 Å². The Morgan fingerprint density at radius 1 is 1.06 bits per heavy atom. The lowest BCUT2D eigenvalue weighted by Gasteiger charge is -2.32. The molecule has 2 aromatic rings. The largest absolute Gasteiger partial charge is 0.497 e. The van der Waals surface area contributed by atoms with Gasteiger partial charge in [0.2, 0.25) is 0 Å². The standard InChI is InChI=1S/C26H31NO7S/c1-5-23(34-17-18-7-10-20(33-4)11-8-18)26(2,3)16-19-9-12-21-22(15-19)25(29)27(24(21)28)13-6-14-35(30,31)32/h5,7-12,15,23H,1,6,13-14,16-17H2,2-4H3,(H,30,31,32)/t23-/m1/s1. The van der Waals surface area contributed by atoms with Gasteiger partial charge in [0.25, 0.3) is 21.9 Å². The summed E-state index contributed by atoms with van der Waals surface area (Å²) in [5, 5.41) is 0. The average Bonchev–Trinajstić information content (AvgIpc) is 3.03. The van der Waals surface area contributed by atoms with Gasteiger partial charge >= 0.3 is 0 Å². The molecule has 0 saturated heterocycles. The second kappa shape index (κ2) is 10.7. The molecule has 188 valence electrons. The first-order chi connectivity index (χ1) is 16.4. The number of carbonyl (C=O) groups excluding carboxylic acids is 2. The molecule has 35 heavy (non-hydrogen) atoms. The highest BCUT2D eigenvalue weighted by Crippen LogP contribution is 2.32. The Kier molecular flexibility index (Phi) is 8.15. The molecule has 1 aliphatic heterocycles. The number of methoxy groups -OCH3 is 1. The lowest BCUT2D eigenvalue weighted by atomic mass is 9.80. The zero-order valence-corrected chi connectivity index (χ0v) is 21.0. The van der Waals surface area contributed by atoms with E-state index in [1.165, 1.54) is 0 Å². The van der Waals surface area contributed by atoms with Crippen molar-refractivity contribution in [2.24, 2.45) is 5.41 Å². The van der Waals surface area contributed by atoms with Crippen molar-refractivity contribution >= 4 is 21.9 Å². The minimum absolute atomic E-state index is 0.0310. The Labute approximate surface area is 206 Å². The van der Waals surface area contributed by atoms with E-state index in [4.69, 9.17) is 14.0 Å². The van der Waals surface area contributed by atoms with Crippen LogP contribution in [0, 0.1) is 5.41 Å². The number of benzene rings is 2. The van der Waals surface area contributed by atoms with Gasteiger partial charge in [0.1, 0.15) is 5.75 Å². The monoisotopic (exact) mass is 501 g/mol. The molecule has 0 radical (unpaired) electrons. The highest BCUT2D eigenvalue weighted by molar-refractivity contribution is 7.85. The molecule has 1 heterocycles. The number of hydrogen-bond donors (Lipinski definition) is 1. The zero-order chi connectivity index (χ0) is 25.8. The highest BCUT2D eigenvalue weighted by atomic mass is 32.2. The smallest absolute Gasteiger partial charge is 0.264 e. The number of fused-ring (bicyclic) bond motifs is 1. The van der Waals surface area contributed by atoms with Crippen molar-refractivity contribution in [1.82, 2.24) is 4.90 Å². The molecule has 1 aliphatic rings. The molecule has 0 aliphatic carbocycles. The summed E-state index contributed by atoms with van der Waals surface area (Å²) in [7, 11) is -2.54. The first kappa shape index (κ1) is 26.6. The molecule has 2 amide bonds. The van der Waals surface area contributed by atoms with Crippen molar-refractivity contribution in [2.75, 3.05) is 19.4 Å². The van der Waals surface area contributed by atoms with Gasteiger partial charge in [0.15, 0.2) is 0 Å². The molecule has 9 heteroatoms. The van der Waals surface area contributed by atoms with Crippen molar-refractivity contribution in [3.63, 3.8) is 0 Å². The van der Waals surface area contributed by atoms with Crippen molar-refractivity contribution < 1.29 is 32.0 Å². The molecule has 2 aromatic carbocycles. The predicted octanol–water partition coefficient (Wildman–Crippen LogP) is 3.91. The van der Waals surface area contributed by atoms with Crippen LogP contribution in [-0.2, 0) is 27.9 Å². The van der Waals surface area contributed by atoms with Gasteiger partial charge in [-0.1, -0.05) is 38.1 Å². The fourth-order valence-corrected chi connectivity index (χ4v) is 4.70. The average molecular weight is 502 g/mol. The van der Waals surface area contributed by atoms with Gasteiger partial charge in [-0.2, -0.15) is 8.42 Å². The summed E-state index contributed by atoms with van der Waals surface area (Å²) in [6, 6.07) is 12.8. The summed E-state index contributed by atoms with van der Waals surface area (Å²) >= 11 is 0. The van der Waals surface area contributed by atoms with E-state index in [1.54, 1.807) is 25.3 Å². The molecule has 0 spiro atoms. The van der Waals surface area contributed by atoms with Crippen LogP contribution < -0.4 is 4.74 Å². The van der Waals surface area contributed by atoms with Crippen LogP contribution in [0.3, 0.4) is 0 Å². The van der Waals surface area contributed by atoms with Crippen LogP contribution in [0.4, 0.5) is 0 Å². The summed E-state index contributed by atoms with van der Waals surface area (Å²) in [5.74, 6) is -0.663. The van der Waals surface area contributed by atoms with E-state index in [0.717, 1.165) is 21.8 Å². The number of nitrogens with zero attached hydrogens (tertiary/aromatic N) is 1. The van der Waals surface area contributed by atoms with Gasteiger partial charge < -0.3 is 9.47 Å². The predicted molar refractivity (Wildman–Crippen MR) is 132 cm³/mol. The summed E-state index contributed by atoms with van der Waals surface area (Å²) in [6.07, 6.45) is 2.04. The van der Waals surface area contributed by atoms with E-state index in [0.29, 0.717) is 24.2 Å². The molecule has 0 saturated carbocycles. The number of carbonyl (C=O) groups is 2. The Morgan fingerprint density at radius 2 is 1.69 bits per heavy atom. The SMILES string of the molecule is C=C[C@@H](OCc1ccc(OC)cc1)C(C)(C)Cc1ccc2c(c1)C(=O)N(CCCS(=O)(=O)O)C2=O. The van der Waals surface area contributed by atoms with E-state index in [-0.39, 0.29) is 24.5 Å². The molecule has 0 unspecified atom stereocenters. The normalized spacial score (nSPS) is 14.7. The fourth-order valence-electron chi connectivity index (χ4n) is 4.20. The minimum Gasteiger partial charge on any atom is -0.497 e. The van der Waals surface area contributed by atoms with E-state index in [2.05, 4.69) is 20.4 Å². The maximum atomic E-state index is 12.8. The fraction of sp³-hybridized carbons (Fsp3) is 0.385. The highest BCUT2D eigenvalue weighted by Gasteiger charge is 2.36. The maximum absolute atomic E-state index is 12.8. The summed E-state index contributed by atoms with van der Waals surface area (Å²) in [4.78, 5) is 26.5. The molecule has 1 atom stereocenters. The van der Waals surface area contributed by atoms with Crippen molar-refractivity contribution in [2.45, 2.75) is 39.4 Å². The molecule has 3 rings (SSSR count). The number of rotatable bonds is 12. The van der Waals surface area contributed by atoms with Gasteiger partial charge in [-0.15, -0.1) is 6.58 Å². The number of amides is 2. The van der Waals surface area contributed by atoms with Crippen LogP contribution in [-0.4, -0.2) is 55.2 Å². The molecule has 8 nitrogen and oxygen atoms in total. The van der Waals surface area contributed by atoms with E-state index < -0.39 is 27.7 Å². The number of imide groups is 1. The van der Waals surface area contributed by atoms with Crippen LogP contribution in [0.15, 0.2) is 55.1 Å². The summed E-state index contributed by atoms with van der Waals surface area (Å²) < 4.78 is 42.1. The maximum Gasteiger partial charge on any atom is 0.264 e. The number of ether oxygens (including phenoxy) is 2. The lowest BCUT2D eigenvalue weighted by Crippen LogP contribution is -2.32. The number of hydrogen-bond acceptors (Lipinski definition) is 6. The molecular formula is C26H31NO7S. The van der Waals surface area contributed by atoms with E-state index >= 15 is 0 Å². The van der Waals surface area contributed by atoms with Gasteiger partial charge in [-0.3, -0.25) is 19.0 Å². The minimum atomic E-state index is -4.16. The molecule has 0 bridgehead atoms. The van der Waals surface area contributed by atoms with Crippen molar-refractivity contribution in [1.29, 1.82) is 0 Å². The topological polar surface area (TPSA) is 110 Å². The van der Waals surface area contributed by atoms with E-state index in [9.17, 15) is 18.0 Å². The zero-order valence-electron chi connectivity index (χ0n) is 20.2. The van der Waals surface area contributed by atoms with Crippen LogP contribution in [0.1, 0.15) is 52.1 Å². The van der Waals surface area contributed by atoms with Gasteiger partial charge in [-0.25, -0.2) is 0 Å². The van der Waals surface area contributed by atoms with Gasteiger partial charge in [-0.05, 0) is 53.6 Å². The Morgan fingerprint density at radius 3 is 2.29 bits per heavy atom. The quantitative estimate of drug-likeness (QED) is 0.267. The second-order valence-corrected chi connectivity index (χ2v) is 10.8. The van der Waals surface area contributed by atoms with Gasteiger partial charge in [0.05, 0.1) is 36.7 Å². The molecule has 0 fully saturated rings. The second-order valence-electron chi connectivity index (χ2n) is 9.26. The molecule has 1 N–H and O–H groups in total. The Hall–Kier alpha value is -3.01. The first-order valence-electron chi connectivity index (χ1n) is 11.3. The van der Waals surface area contributed by atoms with Crippen LogP contribution in [0.25, 0.3) is 0 Å². The van der Waals surface area contributed by atoms with Crippen LogP contribution in [0.5, 0.6) is 5.75 Å². The molecule has 0 aromatic heterocycles. The van der Waals surface area contributed by atoms with Crippen molar-refractivity contribution in [3.05, 3.63) is 77.4 Å². The molecular weight excluding hydrogens is 470 g/mol. The summed E-state index contributed by atoms with van der Waals surface area (Å²) in [5.41, 5.74) is 2.10. The lowest BCUT2D eigenvalue weighted by molar-refractivity contribution is -0.00371. The van der Waals surface area contributed by atoms with Crippen LogP contribution in [0.2, 0.25) is 0 Å². The summed E-state index contributed by atoms with van der Waals surface area (Å²) in [6.45, 7) is 8.36. The Balaban J connectivity index is 1.68. The van der Waals surface area contributed by atoms with Gasteiger partial charge in [0, 0.05) is 6.54 Å². The third-order valence-corrected chi connectivity index (χ3v) is 6.86.